The number of allylic oxidation sites excluding steroid dienone is 10. The van der Waals surface area contributed by atoms with Crippen molar-refractivity contribution in [2.75, 3.05) is 33.0 Å². The monoisotopic (exact) mass is 710 g/mol. The Morgan fingerprint density at radius 3 is 1.71 bits per heavy atom. The molecule has 284 valence electrons. The average molecular weight is 710 g/mol. The minimum atomic E-state index is -4.27. The number of unbranched alkanes of at least 4 members (excludes halogenated alkanes) is 13. The van der Waals surface area contributed by atoms with Gasteiger partial charge in [-0.05, 0) is 57.8 Å². The van der Waals surface area contributed by atoms with E-state index in [0.717, 1.165) is 77.0 Å². The molecule has 9 heteroatoms. The second kappa shape index (κ2) is 37.5. The van der Waals surface area contributed by atoms with Gasteiger partial charge in [0.05, 0.1) is 19.8 Å². The number of nitrogens with two attached hydrogens (primary N) is 1. The third kappa shape index (κ3) is 37.3. The maximum Gasteiger partial charge on any atom is 0.472 e. The fourth-order valence-corrected chi connectivity index (χ4v) is 5.67. The zero-order chi connectivity index (χ0) is 35.9. The van der Waals surface area contributed by atoms with Crippen molar-refractivity contribution in [3.8, 4) is 0 Å². The number of esters is 1. The Bertz CT molecular complexity index is 932. The first-order valence-corrected chi connectivity index (χ1v) is 20.8. The highest BCUT2D eigenvalue weighted by atomic mass is 31.2. The lowest BCUT2D eigenvalue weighted by molar-refractivity contribution is -0.154. The Morgan fingerprint density at radius 2 is 1.14 bits per heavy atom. The Balaban J connectivity index is 4.03. The molecule has 0 spiro atoms. The predicted octanol–water partition coefficient (Wildman–Crippen LogP) is 11.0. The molecule has 0 amide bonds. The molecule has 0 saturated heterocycles. The topological polar surface area (TPSA) is 117 Å². The molecular formula is C40H72NO7P. The molecule has 49 heavy (non-hydrogen) atoms. The smallest absolute Gasteiger partial charge is 0.457 e. The number of carbonyl (C=O) groups excluding carboxylic acids is 1. The second-order valence-corrected chi connectivity index (χ2v) is 13.9. The van der Waals surface area contributed by atoms with Crippen LogP contribution in [0.4, 0.5) is 0 Å². The standard InChI is InChI=1S/C40H72NO7P/c1-3-5-7-9-11-13-14-15-16-17-18-19-20-21-22-23-24-25-26-28-30-32-35-45-37-39(38-47-49(43,44)46-36-34-41)48-40(42)33-31-29-27-12-10-8-6-4-2/h5,7,11,13,15-16,18-19,21-22,39H,3-4,6,8-10,12,14,17,20,23-38,41H2,1-2H3,(H,43,44)/b7-5-,13-11-,16-15-,19-18-,22-21-. The van der Waals surface area contributed by atoms with Crippen LogP contribution in [0.2, 0.25) is 0 Å². The Labute approximate surface area is 300 Å². The Morgan fingerprint density at radius 1 is 0.633 bits per heavy atom. The molecule has 0 aliphatic carbocycles. The second-order valence-electron chi connectivity index (χ2n) is 12.4. The number of phosphoric ester groups is 1. The van der Waals surface area contributed by atoms with Crippen molar-refractivity contribution >= 4 is 13.8 Å². The summed E-state index contributed by atoms with van der Waals surface area (Å²) in [5, 5.41) is 0. The van der Waals surface area contributed by atoms with E-state index < -0.39 is 13.9 Å². The molecule has 0 saturated carbocycles. The molecule has 0 aromatic carbocycles. The molecule has 0 radical (unpaired) electrons. The van der Waals surface area contributed by atoms with E-state index in [4.69, 9.17) is 24.3 Å². The maximum absolute atomic E-state index is 12.4. The highest BCUT2D eigenvalue weighted by Crippen LogP contribution is 2.43. The van der Waals surface area contributed by atoms with Gasteiger partial charge in [-0.15, -0.1) is 0 Å². The van der Waals surface area contributed by atoms with Crippen molar-refractivity contribution in [1.82, 2.24) is 0 Å². The molecule has 0 aliphatic heterocycles. The van der Waals surface area contributed by atoms with E-state index in [9.17, 15) is 14.3 Å². The number of ether oxygens (including phenoxy) is 2. The summed E-state index contributed by atoms with van der Waals surface area (Å²) in [6.07, 6.45) is 43.9. The lowest BCUT2D eigenvalue weighted by Crippen LogP contribution is -2.28. The SMILES string of the molecule is CC/C=C\C/C=C\C/C=C\C/C=C\C/C=C\CCCCCCCCOCC(COP(=O)(O)OCCN)OC(=O)CCCCCCCCCC. The Hall–Kier alpha value is -1.80. The summed E-state index contributed by atoms with van der Waals surface area (Å²) >= 11 is 0. The molecule has 0 bridgehead atoms. The highest BCUT2D eigenvalue weighted by Gasteiger charge is 2.25. The van der Waals surface area contributed by atoms with E-state index >= 15 is 0 Å². The summed E-state index contributed by atoms with van der Waals surface area (Å²) in [4.78, 5) is 22.3. The predicted molar refractivity (Wildman–Crippen MR) is 205 cm³/mol. The third-order valence-electron chi connectivity index (χ3n) is 7.70. The van der Waals surface area contributed by atoms with Gasteiger partial charge < -0.3 is 20.1 Å². The van der Waals surface area contributed by atoms with Gasteiger partial charge in [0, 0.05) is 19.6 Å². The summed E-state index contributed by atoms with van der Waals surface area (Å²) in [6.45, 7) is 4.72. The van der Waals surface area contributed by atoms with Crippen LogP contribution in [0, 0.1) is 0 Å². The molecule has 0 fully saturated rings. The van der Waals surface area contributed by atoms with Crippen molar-refractivity contribution in [2.24, 2.45) is 5.73 Å². The van der Waals surface area contributed by atoms with Gasteiger partial charge >= 0.3 is 13.8 Å². The average Bonchev–Trinajstić information content (AvgIpc) is 3.09. The Kier molecular flexibility index (Phi) is 36.1. The van der Waals surface area contributed by atoms with Gasteiger partial charge in [-0.2, -0.15) is 0 Å². The first-order chi connectivity index (χ1) is 23.9. The molecule has 0 aromatic heterocycles. The van der Waals surface area contributed by atoms with E-state index in [-0.39, 0.29) is 32.3 Å². The summed E-state index contributed by atoms with van der Waals surface area (Å²) in [5.74, 6) is -0.344. The number of hydrogen-bond acceptors (Lipinski definition) is 7. The van der Waals surface area contributed by atoms with Gasteiger partial charge in [0.1, 0.15) is 6.10 Å². The van der Waals surface area contributed by atoms with Crippen molar-refractivity contribution < 1.29 is 32.8 Å². The molecule has 2 atom stereocenters. The first-order valence-electron chi connectivity index (χ1n) is 19.3. The van der Waals surface area contributed by atoms with Gasteiger partial charge in [-0.3, -0.25) is 13.8 Å². The van der Waals surface area contributed by atoms with Crippen molar-refractivity contribution in [2.45, 2.75) is 155 Å². The molecule has 0 rings (SSSR count). The molecule has 0 aliphatic rings. The van der Waals surface area contributed by atoms with Crippen LogP contribution < -0.4 is 5.73 Å². The minimum absolute atomic E-state index is 0.0956. The minimum Gasteiger partial charge on any atom is -0.457 e. The third-order valence-corrected chi connectivity index (χ3v) is 8.68. The summed E-state index contributed by atoms with van der Waals surface area (Å²) < 4.78 is 33.2. The zero-order valence-corrected chi connectivity index (χ0v) is 32.1. The van der Waals surface area contributed by atoms with Gasteiger partial charge in [0.2, 0.25) is 0 Å². The molecule has 0 aromatic rings. The summed E-state index contributed by atoms with van der Waals surface area (Å²) in [5.41, 5.74) is 5.34. The van der Waals surface area contributed by atoms with Crippen LogP contribution in [0.15, 0.2) is 60.8 Å². The summed E-state index contributed by atoms with van der Waals surface area (Å²) in [7, 11) is -4.27. The molecule has 8 nitrogen and oxygen atoms in total. The van der Waals surface area contributed by atoms with E-state index in [2.05, 4.69) is 74.6 Å². The van der Waals surface area contributed by atoms with E-state index in [1.807, 2.05) is 0 Å². The highest BCUT2D eigenvalue weighted by molar-refractivity contribution is 7.47. The number of phosphoric acid groups is 1. The fraction of sp³-hybridized carbons (Fsp3) is 0.725. The van der Waals surface area contributed by atoms with Crippen LogP contribution in [0.25, 0.3) is 0 Å². The van der Waals surface area contributed by atoms with Crippen molar-refractivity contribution in [1.29, 1.82) is 0 Å². The normalized spacial score (nSPS) is 14.3. The molecular weight excluding hydrogens is 637 g/mol. The molecule has 3 N–H and O–H groups in total. The van der Waals surface area contributed by atoms with E-state index in [1.54, 1.807) is 0 Å². The van der Waals surface area contributed by atoms with Gasteiger partial charge in [-0.1, -0.05) is 145 Å². The lowest BCUT2D eigenvalue weighted by atomic mass is 10.1. The van der Waals surface area contributed by atoms with Gasteiger partial charge in [0.25, 0.3) is 0 Å². The number of hydrogen-bond donors (Lipinski definition) is 2. The van der Waals surface area contributed by atoms with Crippen LogP contribution in [0.3, 0.4) is 0 Å². The zero-order valence-electron chi connectivity index (χ0n) is 31.2. The molecule has 0 heterocycles. The largest absolute Gasteiger partial charge is 0.472 e. The first kappa shape index (κ1) is 47.2. The van der Waals surface area contributed by atoms with Crippen LogP contribution in [0.1, 0.15) is 149 Å². The number of rotatable bonds is 36. The van der Waals surface area contributed by atoms with Gasteiger partial charge in [-0.25, -0.2) is 4.57 Å². The lowest BCUT2D eigenvalue weighted by Gasteiger charge is -2.20. The van der Waals surface area contributed by atoms with Crippen LogP contribution in [0.5, 0.6) is 0 Å². The van der Waals surface area contributed by atoms with E-state index in [0.29, 0.717) is 13.0 Å². The summed E-state index contributed by atoms with van der Waals surface area (Å²) in [6, 6.07) is 0. The molecule has 2 unspecified atom stereocenters. The maximum atomic E-state index is 12.4. The quantitative estimate of drug-likeness (QED) is 0.0286. The number of carbonyl (C=O) groups is 1. The van der Waals surface area contributed by atoms with Crippen LogP contribution in [-0.2, 0) is 27.9 Å². The van der Waals surface area contributed by atoms with Gasteiger partial charge in [0.15, 0.2) is 0 Å². The van der Waals surface area contributed by atoms with Crippen LogP contribution in [-0.4, -0.2) is 49.9 Å². The fourth-order valence-electron chi connectivity index (χ4n) is 4.90. The van der Waals surface area contributed by atoms with Crippen LogP contribution >= 0.6 is 7.82 Å². The van der Waals surface area contributed by atoms with Crippen molar-refractivity contribution in [3.05, 3.63) is 60.8 Å². The van der Waals surface area contributed by atoms with Crippen molar-refractivity contribution in [3.63, 3.8) is 0 Å². The van der Waals surface area contributed by atoms with E-state index in [1.165, 1.54) is 51.4 Å².